The van der Waals surface area contributed by atoms with Crippen LogP contribution in [0.25, 0.3) is 0 Å². The average Bonchev–Trinajstić information content (AvgIpc) is 2.31. The van der Waals surface area contributed by atoms with Gasteiger partial charge in [0, 0.05) is 11.1 Å². The van der Waals surface area contributed by atoms with Gasteiger partial charge in [0.25, 0.3) is 0 Å². The molecular weight excluding hydrogens is 218 g/mol. The monoisotopic (exact) mass is 237 g/mol. The topological polar surface area (TPSA) is 26.0 Å². The first-order valence-corrected chi connectivity index (χ1v) is 6.64. The Bertz CT molecular complexity index is 314. The summed E-state index contributed by atoms with van der Waals surface area (Å²) in [5, 5.41) is 0.786. The molecule has 1 atom stereocenters. The smallest absolute Gasteiger partial charge is 0.0406 e. The third-order valence-corrected chi connectivity index (χ3v) is 3.86. The van der Waals surface area contributed by atoms with Crippen LogP contribution in [0.1, 0.15) is 50.1 Å². The quantitative estimate of drug-likeness (QED) is 0.833. The van der Waals surface area contributed by atoms with Gasteiger partial charge in [-0.1, -0.05) is 55.8 Å². The fourth-order valence-electron chi connectivity index (χ4n) is 2.63. The largest absolute Gasteiger partial charge is 0.324 e. The van der Waals surface area contributed by atoms with Gasteiger partial charge in [-0.15, -0.1) is 0 Å². The molecule has 0 heterocycles. The van der Waals surface area contributed by atoms with Crippen molar-refractivity contribution in [3.8, 4) is 0 Å². The van der Waals surface area contributed by atoms with Crippen LogP contribution >= 0.6 is 11.6 Å². The van der Waals surface area contributed by atoms with Crippen molar-refractivity contribution in [2.75, 3.05) is 0 Å². The lowest BCUT2D eigenvalue weighted by Gasteiger charge is -2.24. The van der Waals surface area contributed by atoms with Crippen LogP contribution in [0.4, 0.5) is 0 Å². The first kappa shape index (κ1) is 11.9. The van der Waals surface area contributed by atoms with Crippen molar-refractivity contribution in [3.63, 3.8) is 0 Å². The molecule has 16 heavy (non-hydrogen) atoms. The Labute approximate surface area is 103 Å². The number of rotatable bonds is 3. The molecule has 0 bridgehead atoms. The van der Waals surface area contributed by atoms with Gasteiger partial charge in [-0.3, -0.25) is 0 Å². The van der Waals surface area contributed by atoms with Crippen LogP contribution in [0.2, 0.25) is 5.02 Å². The zero-order valence-electron chi connectivity index (χ0n) is 9.66. The summed E-state index contributed by atoms with van der Waals surface area (Å²) in [6.45, 7) is 0. The van der Waals surface area contributed by atoms with Crippen molar-refractivity contribution < 1.29 is 0 Å². The Kier molecular flexibility index (Phi) is 4.25. The summed E-state index contributed by atoms with van der Waals surface area (Å²) < 4.78 is 0. The molecule has 1 fully saturated rings. The Morgan fingerprint density at radius 1 is 1.12 bits per heavy atom. The predicted octanol–water partition coefficient (Wildman–Crippen LogP) is 4.31. The molecule has 0 amide bonds. The highest BCUT2D eigenvalue weighted by atomic mass is 35.5. The molecule has 1 nitrogen and oxygen atoms in total. The number of hydrogen-bond donors (Lipinski definition) is 1. The van der Waals surface area contributed by atoms with Crippen molar-refractivity contribution in [1.29, 1.82) is 0 Å². The van der Waals surface area contributed by atoms with Crippen LogP contribution in [0.3, 0.4) is 0 Å². The van der Waals surface area contributed by atoms with E-state index in [1.54, 1.807) is 0 Å². The van der Waals surface area contributed by atoms with Crippen molar-refractivity contribution >= 4 is 11.6 Å². The molecule has 2 rings (SSSR count). The van der Waals surface area contributed by atoms with Crippen molar-refractivity contribution in [2.24, 2.45) is 11.7 Å². The van der Waals surface area contributed by atoms with Crippen LogP contribution in [-0.4, -0.2) is 0 Å². The molecule has 0 saturated heterocycles. The Morgan fingerprint density at radius 3 is 2.38 bits per heavy atom. The summed E-state index contributed by atoms with van der Waals surface area (Å²) in [4.78, 5) is 0. The lowest BCUT2D eigenvalue weighted by Crippen LogP contribution is -2.17. The van der Waals surface area contributed by atoms with E-state index in [-0.39, 0.29) is 6.04 Å². The van der Waals surface area contributed by atoms with Crippen molar-refractivity contribution in [3.05, 3.63) is 34.9 Å². The minimum atomic E-state index is 0.181. The van der Waals surface area contributed by atoms with Gasteiger partial charge in [0.2, 0.25) is 0 Å². The molecule has 0 aliphatic heterocycles. The van der Waals surface area contributed by atoms with E-state index in [2.05, 4.69) is 12.1 Å². The fourth-order valence-corrected chi connectivity index (χ4v) is 2.75. The number of halogens is 1. The normalized spacial score (nSPS) is 19.6. The van der Waals surface area contributed by atoms with Gasteiger partial charge in [0.15, 0.2) is 0 Å². The van der Waals surface area contributed by atoms with Gasteiger partial charge in [-0.05, 0) is 30.0 Å². The van der Waals surface area contributed by atoms with Crippen LogP contribution in [0.5, 0.6) is 0 Å². The maximum Gasteiger partial charge on any atom is 0.0406 e. The third-order valence-electron chi connectivity index (χ3n) is 3.61. The summed E-state index contributed by atoms with van der Waals surface area (Å²) in [6, 6.07) is 8.14. The summed E-state index contributed by atoms with van der Waals surface area (Å²) in [5.41, 5.74) is 7.45. The maximum absolute atomic E-state index is 6.23. The van der Waals surface area contributed by atoms with Gasteiger partial charge in [-0.25, -0.2) is 0 Å². The SMILES string of the molecule is NC(CC1CCCCC1)c1ccc(Cl)cc1. The van der Waals surface area contributed by atoms with E-state index in [0.29, 0.717) is 0 Å². The molecule has 1 aliphatic carbocycles. The van der Waals surface area contributed by atoms with Gasteiger partial charge >= 0.3 is 0 Å². The minimum Gasteiger partial charge on any atom is -0.324 e. The van der Waals surface area contributed by atoms with E-state index in [0.717, 1.165) is 17.4 Å². The maximum atomic E-state index is 6.23. The van der Waals surface area contributed by atoms with E-state index in [1.165, 1.54) is 37.7 Å². The zero-order chi connectivity index (χ0) is 11.4. The standard InChI is InChI=1S/C14H20ClN/c15-13-8-6-12(7-9-13)14(16)10-11-4-2-1-3-5-11/h6-9,11,14H,1-5,10,16H2. The fraction of sp³-hybridized carbons (Fsp3) is 0.571. The second-order valence-electron chi connectivity index (χ2n) is 4.90. The molecule has 0 aromatic heterocycles. The molecule has 88 valence electrons. The highest BCUT2D eigenvalue weighted by Crippen LogP contribution is 2.31. The van der Waals surface area contributed by atoms with E-state index in [4.69, 9.17) is 17.3 Å². The molecule has 1 aromatic rings. The second-order valence-corrected chi connectivity index (χ2v) is 5.33. The summed E-state index contributed by atoms with van der Waals surface area (Å²) in [5.74, 6) is 0.833. The summed E-state index contributed by atoms with van der Waals surface area (Å²) >= 11 is 5.87. The second kappa shape index (κ2) is 5.70. The molecule has 0 radical (unpaired) electrons. The van der Waals surface area contributed by atoms with E-state index >= 15 is 0 Å². The highest BCUT2D eigenvalue weighted by Gasteiger charge is 2.17. The molecule has 1 saturated carbocycles. The lowest BCUT2D eigenvalue weighted by atomic mass is 9.83. The Balaban J connectivity index is 1.91. The molecule has 2 heteroatoms. The number of benzene rings is 1. The molecule has 1 unspecified atom stereocenters. The summed E-state index contributed by atoms with van der Waals surface area (Å²) in [6.07, 6.45) is 8.03. The molecule has 1 aromatic carbocycles. The van der Waals surface area contributed by atoms with Crippen LogP contribution in [-0.2, 0) is 0 Å². The van der Waals surface area contributed by atoms with Crippen molar-refractivity contribution in [2.45, 2.75) is 44.6 Å². The summed E-state index contributed by atoms with van der Waals surface area (Å²) in [7, 11) is 0. The molecule has 1 aliphatic rings. The minimum absolute atomic E-state index is 0.181. The van der Waals surface area contributed by atoms with E-state index < -0.39 is 0 Å². The highest BCUT2D eigenvalue weighted by molar-refractivity contribution is 6.30. The molecular formula is C14H20ClN. The average molecular weight is 238 g/mol. The molecule has 0 spiro atoms. The van der Waals surface area contributed by atoms with Gasteiger partial charge < -0.3 is 5.73 Å². The van der Waals surface area contributed by atoms with Gasteiger partial charge in [0.1, 0.15) is 0 Å². The Hall–Kier alpha value is -0.530. The Morgan fingerprint density at radius 2 is 1.75 bits per heavy atom. The molecule has 2 N–H and O–H groups in total. The zero-order valence-corrected chi connectivity index (χ0v) is 10.4. The van der Waals surface area contributed by atoms with Crippen molar-refractivity contribution in [1.82, 2.24) is 0 Å². The third kappa shape index (κ3) is 3.23. The van der Waals surface area contributed by atoms with Gasteiger partial charge in [0.05, 0.1) is 0 Å². The van der Waals surface area contributed by atoms with Crippen LogP contribution in [0.15, 0.2) is 24.3 Å². The number of nitrogens with two attached hydrogens (primary N) is 1. The lowest BCUT2D eigenvalue weighted by molar-refractivity contribution is 0.319. The van der Waals surface area contributed by atoms with E-state index in [9.17, 15) is 0 Å². The van der Waals surface area contributed by atoms with Crippen LogP contribution in [0, 0.1) is 5.92 Å². The van der Waals surface area contributed by atoms with Gasteiger partial charge in [-0.2, -0.15) is 0 Å². The first-order valence-electron chi connectivity index (χ1n) is 6.27. The number of hydrogen-bond acceptors (Lipinski definition) is 1. The van der Waals surface area contributed by atoms with E-state index in [1.807, 2.05) is 12.1 Å². The predicted molar refractivity (Wildman–Crippen MR) is 69.6 cm³/mol. The first-order chi connectivity index (χ1) is 7.75. The van der Waals surface area contributed by atoms with Crippen LogP contribution < -0.4 is 5.73 Å².